The highest BCUT2D eigenvalue weighted by Crippen LogP contribution is 2.31. The van der Waals surface area contributed by atoms with Gasteiger partial charge in [0.25, 0.3) is 0 Å². The van der Waals surface area contributed by atoms with Gasteiger partial charge in [-0.2, -0.15) is 0 Å². The van der Waals surface area contributed by atoms with E-state index in [9.17, 15) is 9.00 Å². The molecule has 92 valence electrons. The molecule has 0 fully saturated rings. The first-order chi connectivity index (χ1) is 7.80. The van der Waals surface area contributed by atoms with Crippen molar-refractivity contribution in [2.45, 2.75) is 49.7 Å². The van der Waals surface area contributed by atoms with Gasteiger partial charge in [0.15, 0.2) is 5.78 Å². The maximum Gasteiger partial charge on any atom is 0.165 e. The molecule has 0 N–H and O–H groups in total. The van der Waals surface area contributed by atoms with Crippen LogP contribution in [-0.2, 0) is 16.2 Å². The fraction of sp³-hybridized carbons (Fsp3) is 0.500. The van der Waals surface area contributed by atoms with Crippen LogP contribution in [0.2, 0.25) is 0 Å². The van der Waals surface area contributed by atoms with Crippen LogP contribution in [0.4, 0.5) is 0 Å². The van der Waals surface area contributed by atoms with E-state index in [0.29, 0.717) is 16.9 Å². The molecule has 0 radical (unpaired) electrons. The Balaban J connectivity index is 2.57. The van der Waals surface area contributed by atoms with E-state index >= 15 is 0 Å². The van der Waals surface area contributed by atoms with Gasteiger partial charge in [-0.15, -0.1) is 0 Å². The lowest BCUT2D eigenvalue weighted by Gasteiger charge is -2.24. The molecule has 2 nitrogen and oxygen atoms in total. The average molecular weight is 250 g/mol. The summed E-state index contributed by atoms with van der Waals surface area (Å²) in [6.07, 6.45) is 0.396. The highest BCUT2D eigenvalue weighted by Gasteiger charge is 2.29. The van der Waals surface area contributed by atoms with Gasteiger partial charge in [0.2, 0.25) is 0 Å². The van der Waals surface area contributed by atoms with Crippen LogP contribution in [0.15, 0.2) is 23.1 Å². The van der Waals surface area contributed by atoms with E-state index < -0.39 is 10.8 Å². The zero-order chi connectivity index (χ0) is 12.8. The normalized spacial score (nSPS) is 24.6. The topological polar surface area (TPSA) is 34.1 Å². The van der Waals surface area contributed by atoms with E-state index in [2.05, 4.69) is 20.8 Å². The van der Waals surface area contributed by atoms with Gasteiger partial charge >= 0.3 is 0 Å². The molecule has 0 spiro atoms. The third kappa shape index (κ3) is 2.21. The minimum absolute atomic E-state index is 0.0138. The summed E-state index contributed by atoms with van der Waals surface area (Å²) in [5.74, 6) is 0.123. The van der Waals surface area contributed by atoms with Crippen LogP contribution in [0.25, 0.3) is 0 Å². The smallest absolute Gasteiger partial charge is 0.165 e. The quantitative estimate of drug-likeness (QED) is 0.709. The van der Waals surface area contributed by atoms with Gasteiger partial charge < -0.3 is 0 Å². The summed E-state index contributed by atoms with van der Waals surface area (Å²) in [6, 6.07) is 5.77. The minimum atomic E-state index is -1.04. The lowest BCUT2D eigenvalue weighted by Crippen LogP contribution is -2.25. The highest BCUT2D eigenvalue weighted by molar-refractivity contribution is 7.86. The molecular formula is C14H18O2S. The molecule has 1 aromatic rings. The molecule has 0 aromatic heterocycles. The Morgan fingerprint density at radius 2 is 1.94 bits per heavy atom. The fourth-order valence-electron chi connectivity index (χ4n) is 2.05. The molecule has 2 atom stereocenters. The summed E-state index contributed by atoms with van der Waals surface area (Å²) in [6.45, 7) is 8.21. The van der Waals surface area contributed by atoms with E-state index in [-0.39, 0.29) is 16.4 Å². The monoisotopic (exact) mass is 250 g/mol. The number of hydrogen-bond donors (Lipinski definition) is 0. The van der Waals surface area contributed by atoms with Crippen LogP contribution in [-0.4, -0.2) is 15.2 Å². The van der Waals surface area contributed by atoms with Gasteiger partial charge in [-0.3, -0.25) is 9.00 Å². The molecule has 0 amide bonds. The zero-order valence-corrected chi connectivity index (χ0v) is 11.6. The maximum absolute atomic E-state index is 12.1. The zero-order valence-electron chi connectivity index (χ0n) is 10.7. The van der Waals surface area contributed by atoms with Crippen LogP contribution in [0.3, 0.4) is 0 Å². The molecule has 0 bridgehead atoms. The Morgan fingerprint density at radius 3 is 2.53 bits per heavy atom. The summed E-state index contributed by atoms with van der Waals surface area (Å²) in [5.41, 5.74) is 1.80. The highest BCUT2D eigenvalue weighted by atomic mass is 32.2. The van der Waals surface area contributed by atoms with Gasteiger partial charge in [0.05, 0.1) is 10.8 Å². The van der Waals surface area contributed by atoms with Crippen LogP contribution < -0.4 is 0 Å². The van der Waals surface area contributed by atoms with Crippen molar-refractivity contribution in [3.05, 3.63) is 29.3 Å². The third-order valence-corrected chi connectivity index (χ3v) is 4.89. The van der Waals surface area contributed by atoms with E-state index in [0.717, 1.165) is 5.56 Å². The van der Waals surface area contributed by atoms with E-state index in [1.165, 1.54) is 0 Å². The van der Waals surface area contributed by atoms with Gasteiger partial charge in [-0.05, 0) is 23.1 Å². The first kappa shape index (κ1) is 12.5. The van der Waals surface area contributed by atoms with Crippen molar-refractivity contribution in [3.8, 4) is 0 Å². The molecule has 2 unspecified atom stereocenters. The van der Waals surface area contributed by atoms with Crippen molar-refractivity contribution in [3.63, 3.8) is 0 Å². The van der Waals surface area contributed by atoms with Crippen molar-refractivity contribution in [1.29, 1.82) is 0 Å². The van der Waals surface area contributed by atoms with Crippen molar-refractivity contribution in [2.75, 3.05) is 0 Å². The molecule has 1 aliphatic rings. The Bertz CT molecular complexity index is 497. The lowest BCUT2D eigenvalue weighted by atomic mass is 9.85. The predicted molar refractivity (Wildman–Crippen MR) is 70.0 cm³/mol. The van der Waals surface area contributed by atoms with Gasteiger partial charge in [-0.1, -0.05) is 33.8 Å². The SMILES string of the molecule is CC1CC(=O)c2cc(C(C)(C)C)ccc2S1=O. The standard InChI is InChI=1S/C14H18O2S/c1-9-7-12(15)11-8-10(14(2,3)4)5-6-13(11)17(9)16/h5-6,8-9H,7H2,1-4H3. The third-order valence-electron chi connectivity index (χ3n) is 3.20. The molecule has 0 saturated heterocycles. The molecule has 0 saturated carbocycles. The van der Waals surface area contributed by atoms with Crippen molar-refractivity contribution in [1.82, 2.24) is 0 Å². The summed E-state index contributed by atoms with van der Waals surface area (Å²) < 4.78 is 12.1. The van der Waals surface area contributed by atoms with Crippen LogP contribution in [0.1, 0.15) is 50.0 Å². The Kier molecular flexibility index (Phi) is 2.98. The first-order valence-corrected chi connectivity index (χ1v) is 7.10. The van der Waals surface area contributed by atoms with E-state index in [1.807, 2.05) is 25.1 Å². The second-order valence-electron chi connectivity index (χ2n) is 5.70. The van der Waals surface area contributed by atoms with Crippen molar-refractivity contribution >= 4 is 16.6 Å². The van der Waals surface area contributed by atoms with Gasteiger partial charge in [-0.25, -0.2) is 0 Å². The fourth-order valence-corrected chi connectivity index (χ4v) is 3.38. The van der Waals surface area contributed by atoms with Crippen LogP contribution >= 0.6 is 0 Å². The summed E-state index contributed by atoms with van der Waals surface area (Å²) in [5, 5.41) is -0.0597. The van der Waals surface area contributed by atoms with Gasteiger partial charge in [0.1, 0.15) is 0 Å². The van der Waals surface area contributed by atoms with E-state index in [1.54, 1.807) is 0 Å². The number of ketones is 1. The van der Waals surface area contributed by atoms with Crippen molar-refractivity contribution < 1.29 is 9.00 Å². The molecule has 3 heteroatoms. The Labute approximate surface area is 105 Å². The minimum Gasteiger partial charge on any atom is -0.294 e. The number of benzene rings is 1. The average Bonchev–Trinajstić information content (AvgIpc) is 2.24. The Morgan fingerprint density at radius 1 is 1.29 bits per heavy atom. The largest absolute Gasteiger partial charge is 0.294 e. The summed E-state index contributed by atoms with van der Waals surface area (Å²) >= 11 is 0. The van der Waals surface area contributed by atoms with Crippen molar-refractivity contribution in [2.24, 2.45) is 0 Å². The number of hydrogen-bond acceptors (Lipinski definition) is 2. The molecule has 17 heavy (non-hydrogen) atoms. The molecule has 0 aliphatic carbocycles. The van der Waals surface area contributed by atoms with Crippen LogP contribution in [0.5, 0.6) is 0 Å². The Hall–Kier alpha value is -0.960. The molecular weight excluding hydrogens is 232 g/mol. The predicted octanol–water partition coefficient (Wildman–Crippen LogP) is 3.07. The van der Waals surface area contributed by atoms with Crippen LogP contribution in [0, 0.1) is 0 Å². The molecule has 2 rings (SSSR count). The second-order valence-corrected chi connectivity index (χ2v) is 7.54. The molecule has 1 heterocycles. The number of carbonyl (C=O) groups is 1. The van der Waals surface area contributed by atoms with Gasteiger partial charge in [0, 0.05) is 22.1 Å². The second kappa shape index (κ2) is 4.05. The molecule has 1 aromatic carbocycles. The number of Topliss-reactive ketones (excluding diaryl/α,β-unsaturated/α-hetero) is 1. The maximum atomic E-state index is 12.1. The lowest BCUT2D eigenvalue weighted by molar-refractivity contribution is 0.0977. The summed E-state index contributed by atoms with van der Waals surface area (Å²) in [4.78, 5) is 12.7. The number of carbonyl (C=O) groups excluding carboxylic acids is 1. The number of rotatable bonds is 0. The first-order valence-electron chi connectivity index (χ1n) is 5.89. The summed E-state index contributed by atoms with van der Waals surface area (Å²) in [7, 11) is -1.04. The molecule has 1 aliphatic heterocycles. The number of fused-ring (bicyclic) bond motifs is 1. The van der Waals surface area contributed by atoms with E-state index in [4.69, 9.17) is 0 Å².